The zero-order chi connectivity index (χ0) is 9.97. The van der Waals surface area contributed by atoms with Crippen LogP contribution in [0.25, 0.3) is 10.8 Å². The highest BCUT2D eigenvalue weighted by atomic mass is 19.1. The number of aromatic nitrogens is 1. The van der Waals surface area contributed by atoms with Gasteiger partial charge in [0.15, 0.2) is 12.4 Å². The van der Waals surface area contributed by atoms with Gasteiger partial charge in [0.2, 0.25) is 0 Å². The third kappa shape index (κ3) is 1.51. The summed E-state index contributed by atoms with van der Waals surface area (Å²) in [6, 6.07) is 9.76. The van der Waals surface area contributed by atoms with Crippen LogP contribution in [-0.4, -0.2) is 0 Å². The first-order chi connectivity index (χ1) is 6.81. The summed E-state index contributed by atoms with van der Waals surface area (Å²) in [5, 5.41) is 2.14. The fourth-order valence-electron chi connectivity index (χ4n) is 1.43. The molecule has 0 saturated carbocycles. The first-order valence-electron chi connectivity index (χ1n) is 4.47. The molecule has 0 amide bonds. The monoisotopic (exact) mass is 188 g/mol. The van der Waals surface area contributed by atoms with Gasteiger partial charge in [-0.15, -0.1) is 0 Å². The molecular formula is C12H11FN+. The zero-order valence-electron chi connectivity index (χ0n) is 7.73. The number of fused-ring (bicyclic) bond motifs is 1. The normalized spacial score (nSPS) is 12.6. The van der Waals surface area contributed by atoms with Crippen molar-refractivity contribution in [2.75, 3.05) is 0 Å². The van der Waals surface area contributed by atoms with Crippen LogP contribution in [0.4, 0.5) is 4.39 Å². The highest BCUT2D eigenvalue weighted by Crippen LogP contribution is 2.11. The molecule has 1 aromatic heterocycles. The fourth-order valence-corrected chi connectivity index (χ4v) is 1.43. The van der Waals surface area contributed by atoms with Gasteiger partial charge in [0.25, 0.3) is 0 Å². The van der Waals surface area contributed by atoms with E-state index in [2.05, 4.69) is 6.58 Å². The van der Waals surface area contributed by atoms with Crippen LogP contribution in [0, 0.1) is 0 Å². The Morgan fingerprint density at radius 3 is 2.64 bits per heavy atom. The van der Waals surface area contributed by atoms with Crippen molar-refractivity contribution in [3.8, 4) is 0 Å². The quantitative estimate of drug-likeness (QED) is 0.504. The number of nitrogens with zero attached hydrogens (tertiary/aromatic N) is 1. The number of benzene rings is 1. The molecule has 1 aromatic carbocycles. The summed E-state index contributed by atoms with van der Waals surface area (Å²) < 4.78 is 14.7. The molecule has 0 aliphatic rings. The lowest BCUT2D eigenvalue weighted by atomic mass is 10.2. The van der Waals surface area contributed by atoms with E-state index in [1.54, 1.807) is 12.4 Å². The summed E-state index contributed by atoms with van der Waals surface area (Å²) in [6.45, 7) is 3.42. The molecule has 1 unspecified atom stereocenters. The molecule has 0 saturated heterocycles. The van der Waals surface area contributed by atoms with Gasteiger partial charge in [0.1, 0.15) is 0 Å². The van der Waals surface area contributed by atoms with Gasteiger partial charge in [0.05, 0.1) is 0 Å². The summed E-state index contributed by atoms with van der Waals surface area (Å²) in [4.78, 5) is 0. The van der Waals surface area contributed by atoms with E-state index in [0.717, 1.165) is 10.8 Å². The summed E-state index contributed by atoms with van der Waals surface area (Å²) >= 11 is 0. The highest BCUT2D eigenvalue weighted by Gasteiger charge is 2.11. The van der Waals surface area contributed by atoms with Crippen molar-refractivity contribution in [1.29, 1.82) is 0 Å². The van der Waals surface area contributed by atoms with Crippen molar-refractivity contribution in [3.63, 3.8) is 0 Å². The Morgan fingerprint density at radius 2 is 1.93 bits per heavy atom. The second kappa shape index (κ2) is 3.58. The Morgan fingerprint density at radius 1 is 1.21 bits per heavy atom. The van der Waals surface area contributed by atoms with Gasteiger partial charge >= 0.3 is 6.30 Å². The summed E-state index contributed by atoms with van der Waals surface area (Å²) in [7, 11) is 0. The molecule has 0 fully saturated rings. The van der Waals surface area contributed by atoms with Crippen LogP contribution in [0.2, 0.25) is 0 Å². The van der Waals surface area contributed by atoms with Gasteiger partial charge in [-0.1, -0.05) is 24.8 Å². The van der Waals surface area contributed by atoms with Crippen molar-refractivity contribution < 1.29 is 8.96 Å². The molecule has 2 aromatic rings. The number of hydrogen-bond donors (Lipinski definition) is 0. The Hall–Kier alpha value is -1.70. The molecule has 70 valence electrons. The van der Waals surface area contributed by atoms with E-state index in [-0.39, 0.29) is 0 Å². The maximum absolute atomic E-state index is 13.2. The van der Waals surface area contributed by atoms with Crippen LogP contribution in [0.5, 0.6) is 0 Å². The van der Waals surface area contributed by atoms with Crippen molar-refractivity contribution >= 4 is 10.8 Å². The number of pyridine rings is 1. The minimum atomic E-state index is -1.15. The molecule has 1 heterocycles. The molecule has 14 heavy (non-hydrogen) atoms. The summed E-state index contributed by atoms with van der Waals surface area (Å²) in [5.74, 6) is 0. The Kier molecular flexibility index (Phi) is 2.27. The number of allylic oxidation sites excluding steroid dienone is 1. The number of alkyl halides is 1. The molecular weight excluding hydrogens is 177 g/mol. The zero-order valence-corrected chi connectivity index (χ0v) is 7.73. The molecule has 2 heteroatoms. The van der Waals surface area contributed by atoms with Gasteiger partial charge in [-0.2, -0.15) is 8.96 Å². The predicted octanol–water partition coefficient (Wildman–Crippen LogP) is 2.78. The number of hydrogen-bond acceptors (Lipinski definition) is 0. The predicted molar refractivity (Wildman–Crippen MR) is 54.5 cm³/mol. The standard InChI is InChI=1S/C12H11FN/c1-2-12(13)14-8-7-10-5-3-4-6-11(10)9-14/h2-9,12H,1H2/q+1. The van der Waals surface area contributed by atoms with Gasteiger partial charge < -0.3 is 0 Å². The van der Waals surface area contributed by atoms with Crippen molar-refractivity contribution in [3.05, 3.63) is 55.4 Å². The third-order valence-corrected chi connectivity index (χ3v) is 2.19. The molecule has 2 rings (SSSR count). The second-order valence-electron chi connectivity index (χ2n) is 3.13. The molecule has 1 atom stereocenters. The van der Waals surface area contributed by atoms with Crippen LogP contribution < -0.4 is 4.57 Å². The highest BCUT2D eigenvalue weighted by molar-refractivity contribution is 5.80. The number of halogens is 1. The van der Waals surface area contributed by atoms with Crippen LogP contribution in [0.3, 0.4) is 0 Å². The lowest BCUT2D eigenvalue weighted by Crippen LogP contribution is -2.34. The third-order valence-electron chi connectivity index (χ3n) is 2.19. The topological polar surface area (TPSA) is 3.88 Å². The molecule has 0 bridgehead atoms. The van der Waals surface area contributed by atoms with Crippen LogP contribution >= 0.6 is 0 Å². The fraction of sp³-hybridized carbons (Fsp3) is 0.0833. The van der Waals surface area contributed by atoms with Crippen LogP contribution in [0.1, 0.15) is 6.30 Å². The van der Waals surface area contributed by atoms with Gasteiger partial charge in [-0.25, -0.2) is 0 Å². The lowest BCUT2D eigenvalue weighted by molar-refractivity contribution is -0.734. The van der Waals surface area contributed by atoms with E-state index in [1.165, 1.54) is 10.6 Å². The van der Waals surface area contributed by atoms with Crippen molar-refractivity contribution in [1.82, 2.24) is 0 Å². The molecule has 1 nitrogen and oxygen atoms in total. The second-order valence-corrected chi connectivity index (χ2v) is 3.13. The van der Waals surface area contributed by atoms with Gasteiger partial charge in [-0.3, -0.25) is 0 Å². The van der Waals surface area contributed by atoms with Crippen molar-refractivity contribution in [2.24, 2.45) is 0 Å². The molecule has 0 spiro atoms. The Balaban J connectivity index is 2.56. The van der Waals surface area contributed by atoms with Gasteiger partial charge in [0, 0.05) is 17.5 Å². The minimum absolute atomic E-state index is 1.03. The minimum Gasteiger partial charge on any atom is -0.170 e. The first-order valence-corrected chi connectivity index (χ1v) is 4.47. The molecule has 0 N–H and O–H groups in total. The summed E-state index contributed by atoms with van der Waals surface area (Å²) in [5.41, 5.74) is 0. The summed E-state index contributed by atoms with van der Waals surface area (Å²) in [6.07, 6.45) is 3.62. The molecule has 0 radical (unpaired) electrons. The average molecular weight is 188 g/mol. The van der Waals surface area contributed by atoms with Crippen molar-refractivity contribution in [2.45, 2.75) is 6.30 Å². The van der Waals surface area contributed by atoms with E-state index in [1.807, 2.05) is 30.3 Å². The Labute approximate surface area is 82.1 Å². The van der Waals surface area contributed by atoms with Crippen LogP contribution in [-0.2, 0) is 0 Å². The van der Waals surface area contributed by atoms with E-state index in [9.17, 15) is 4.39 Å². The SMILES string of the molecule is C=CC(F)[n+]1ccc2ccccc2c1. The Bertz CT molecular complexity index is 465. The maximum Gasteiger partial charge on any atom is 0.318 e. The maximum atomic E-state index is 13.2. The smallest absolute Gasteiger partial charge is 0.170 e. The average Bonchev–Trinajstić information content (AvgIpc) is 2.27. The van der Waals surface area contributed by atoms with Crippen LogP contribution in [0.15, 0.2) is 55.4 Å². The van der Waals surface area contributed by atoms with Gasteiger partial charge in [-0.05, 0) is 11.5 Å². The first kappa shape index (κ1) is 8.88. The lowest BCUT2D eigenvalue weighted by Gasteiger charge is -1.99. The number of rotatable bonds is 2. The molecule has 0 aliphatic carbocycles. The van der Waals surface area contributed by atoms with E-state index >= 15 is 0 Å². The molecule has 0 aliphatic heterocycles. The van der Waals surface area contributed by atoms with E-state index < -0.39 is 6.30 Å². The van der Waals surface area contributed by atoms with E-state index in [0.29, 0.717) is 0 Å². The largest absolute Gasteiger partial charge is 0.318 e. The van der Waals surface area contributed by atoms with E-state index in [4.69, 9.17) is 0 Å².